The minimum absolute atomic E-state index is 1.12. The molecular weight excluding hydrogens is 298 g/mol. The van der Waals surface area contributed by atoms with Gasteiger partial charge in [0.15, 0.2) is 0 Å². The van der Waals surface area contributed by atoms with Crippen molar-refractivity contribution < 1.29 is 4.48 Å². The predicted octanol–water partition coefficient (Wildman–Crippen LogP) is 5.77. The van der Waals surface area contributed by atoms with E-state index in [0.717, 1.165) is 4.48 Å². The highest BCUT2D eigenvalue weighted by Crippen LogP contribution is 2.12. The third kappa shape index (κ3) is 18.4. The first-order valence-corrected chi connectivity index (χ1v) is 9.55. The molecule has 0 aliphatic heterocycles. The maximum absolute atomic E-state index is 3.49. The van der Waals surface area contributed by atoms with Crippen LogP contribution in [0.5, 0.6) is 0 Å². The van der Waals surface area contributed by atoms with Gasteiger partial charge in [-0.2, -0.15) is 0 Å². The smallest absolute Gasteiger partial charge is 0.0780 e. The minimum Gasteiger partial charge on any atom is -0.331 e. The van der Waals surface area contributed by atoms with Crippen LogP contribution in [0, 0.1) is 0 Å². The molecule has 0 aromatic heterocycles. The molecule has 0 unspecified atom stereocenters. The van der Waals surface area contributed by atoms with Gasteiger partial charge in [-0.25, -0.2) is 0 Å². The lowest BCUT2D eigenvalue weighted by atomic mass is 10.1. The average molecular weight is 335 g/mol. The Balaban J connectivity index is 2.99. The first kappa shape index (κ1) is 19.4. The van der Waals surface area contributed by atoms with E-state index in [2.05, 4.69) is 37.1 Å². The predicted molar refractivity (Wildman–Crippen MR) is 92.1 cm³/mol. The number of halogens is 1. The molecule has 0 aromatic carbocycles. The highest BCUT2D eigenvalue weighted by molar-refractivity contribution is 9.09. The summed E-state index contributed by atoms with van der Waals surface area (Å²) in [5.41, 5.74) is 0. The summed E-state index contributed by atoms with van der Waals surface area (Å²) in [5, 5.41) is 1.18. The van der Waals surface area contributed by atoms with Gasteiger partial charge in [-0.15, -0.1) is 0 Å². The van der Waals surface area contributed by atoms with E-state index in [1.807, 2.05) is 0 Å². The van der Waals surface area contributed by atoms with Crippen LogP contribution in [0.25, 0.3) is 0 Å². The van der Waals surface area contributed by atoms with Crippen molar-refractivity contribution in [3.05, 3.63) is 0 Å². The van der Waals surface area contributed by atoms with Crippen LogP contribution in [0.4, 0.5) is 0 Å². The summed E-state index contributed by atoms with van der Waals surface area (Å²) in [6.07, 6.45) is 17.3. The maximum atomic E-state index is 3.49. The molecule has 116 valence electrons. The molecule has 2 heteroatoms. The second-order valence-corrected chi connectivity index (χ2v) is 7.74. The summed E-state index contributed by atoms with van der Waals surface area (Å²) in [4.78, 5) is 0. The summed E-state index contributed by atoms with van der Waals surface area (Å²) >= 11 is 3.49. The van der Waals surface area contributed by atoms with E-state index >= 15 is 0 Å². The molecule has 0 rings (SSSR count). The summed E-state index contributed by atoms with van der Waals surface area (Å²) in [7, 11) is 6.87. The van der Waals surface area contributed by atoms with Crippen molar-refractivity contribution in [2.45, 2.75) is 77.0 Å². The molecule has 0 spiro atoms. The Kier molecular flexibility index (Phi) is 13.7. The van der Waals surface area contributed by atoms with Crippen molar-refractivity contribution in [3.8, 4) is 0 Å². The van der Waals surface area contributed by atoms with Crippen LogP contribution in [0.15, 0.2) is 0 Å². The molecular formula is C17H37BrN+. The fourth-order valence-corrected chi connectivity index (χ4v) is 2.84. The number of unbranched alkanes of at least 4 members (excludes halogenated alkanes) is 11. The average Bonchev–Trinajstić information content (AvgIpc) is 2.34. The van der Waals surface area contributed by atoms with Crippen molar-refractivity contribution in [3.63, 3.8) is 0 Å². The maximum Gasteiger partial charge on any atom is 0.0780 e. The van der Waals surface area contributed by atoms with Gasteiger partial charge in [0.1, 0.15) is 0 Å². The zero-order valence-corrected chi connectivity index (χ0v) is 15.3. The Labute approximate surface area is 130 Å². The molecule has 0 bridgehead atoms. The van der Waals surface area contributed by atoms with E-state index in [0.29, 0.717) is 0 Å². The van der Waals surface area contributed by atoms with Crippen molar-refractivity contribution in [1.82, 2.24) is 0 Å². The second-order valence-electron chi connectivity index (χ2n) is 6.95. The molecule has 0 aliphatic carbocycles. The summed E-state index contributed by atoms with van der Waals surface area (Å²) in [5.74, 6) is 0. The Hall–Kier alpha value is 0.440. The molecule has 0 fully saturated rings. The van der Waals surface area contributed by atoms with Crippen LogP contribution < -0.4 is 0 Å². The van der Waals surface area contributed by atoms with Gasteiger partial charge in [0.05, 0.1) is 27.7 Å². The van der Waals surface area contributed by atoms with E-state index < -0.39 is 0 Å². The van der Waals surface area contributed by atoms with Gasteiger partial charge in [-0.3, -0.25) is 0 Å². The van der Waals surface area contributed by atoms with Crippen molar-refractivity contribution in [2.75, 3.05) is 33.0 Å². The zero-order chi connectivity index (χ0) is 14.4. The summed E-state index contributed by atoms with van der Waals surface area (Å²) in [6, 6.07) is 0. The van der Waals surface area contributed by atoms with Gasteiger partial charge in [-0.05, 0) is 19.3 Å². The van der Waals surface area contributed by atoms with E-state index in [-0.39, 0.29) is 0 Å². The molecule has 0 heterocycles. The summed E-state index contributed by atoms with van der Waals surface area (Å²) in [6.45, 7) is 1.33. The molecule has 1 nitrogen and oxygen atoms in total. The molecule has 0 N–H and O–H groups in total. The molecule has 0 saturated carbocycles. The molecule has 0 aliphatic rings. The van der Waals surface area contributed by atoms with E-state index in [4.69, 9.17) is 0 Å². The number of alkyl halides is 1. The van der Waals surface area contributed by atoms with Crippen LogP contribution in [0.2, 0.25) is 0 Å². The number of hydrogen-bond acceptors (Lipinski definition) is 0. The number of quaternary nitrogens is 1. The van der Waals surface area contributed by atoms with E-state index in [1.165, 1.54) is 88.9 Å². The Morgan fingerprint density at radius 1 is 0.526 bits per heavy atom. The first-order chi connectivity index (χ1) is 9.06. The van der Waals surface area contributed by atoms with Crippen molar-refractivity contribution >= 4 is 15.9 Å². The highest BCUT2D eigenvalue weighted by Gasteiger charge is 2.04. The van der Waals surface area contributed by atoms with Crippen LogP contribution in [-0.4, -0.2) is 37.5 Å². The quantitative estimate of drug-likeness (QED) is 0.215. The minimum atomic E-state index is 1.12. The molecule has 0 amide bonds. The third-order valence-corrected chi connectivity index (χ3v) is 4.27. The lowest BCUT2D eigenvalue weighted by Gasteiger charge is -2.23. The zero-order valence-electron chi connectivity index (χ0n) is 13.7. The van der Waals surface area contributed by atoms with Crippen molar-refractivity contribution in [1.29, 1.82) is 0 Å². The number of hydrogen-bond donors (Lipinski definition) is 0. The third-order valence-electron chi connectivity index (χ3n) is 3.71. The molecule has 0 aromatic rings. The van der Waals surface area contributed by atoms with Gasteiger partial charge in [0, 0.05) is 5.33 Å². The fraction of sp³-hybridized carbons (Fsp3) is 1.00. The second kappa shape index (κ2) is 13.4. The van der Waals surface area contributed by atoms with Gasteiger partial charge >= 0.3 is 0 Å². The number of nitrogens with zero attached hydrogens (tertiary/aromatic N) is 1. The Morgan fingerprint density at radius 3 is 1.16 bits per heavy atom. The van der Waals surface area contributed by atoms with Gasteiger partial charge < -0.3 is 4.48 Å². The van der Waals surface area contributed by atoms with Crippen LogP contribution in [0.1, 0.15) is 77.0 Å². The highest BCUT2D eigenvalue weighted by atomic mass is 79.9. The first-order valence-electron chi connectivity index (χ1n) is 8.43. The van der Waals surface area contributed by atoms with Crippen LogP contribution in [0.3, 0.4) is 0 Å². The molecule has 0 radical (unpaired) electrons. The molecule has 19 heavy (non-hydrogen) atoms. The van der Waals surface area contributed by atoms with Gasteiger partial charge in [0.2, 0.25) is 0 Å². The van der Waals surface area contributed by atoms with E-state index in [1.54, 1.807) is 0 Å². The Morgan fingerprint density at radius 2 is 0.842 bits per heavy atom. The van der Waals surface area contributed by atoms with Crippen molar-refractivity contribution in [2.24, 2.45) is 0 Å². The number of rotatable bonds is 14. The summed E-state index contributed by atoms with van der Waals surface area (Å²) < 4.78 is 1.12. The van der Waals surface area contributed by atoms with Crippen LogP contribution >= 0.6 is 15.9 Å². The normalized spacial score (nSPS) is 12.0. The van der Waals surface area contributed by atoms with Gasteiger partial charge in [0.25, 0.3) is 0 Å². The van der Waals surface area contributed by atoms with E-state index in [9.17, 15) is 0 Å². The molecule has 0 saturated heterocycles. The monoisotopic (exact) mass is 334 g/mol. The SMILES string of the molecule is C[N+](C)(C)CCCCCCCCCCCCCCBr. The van der Waals surface area contributed by atoms with Gasteiger partial charge in [-0.1, -0.05) is 73.7 Å². The largest absolute Gasteiger partial charge is 0.331 e. The topological polar surface area (TPSA) is 0 Å². The lowest BCUT2D eigenvalue weighted by molar-refractivity contribution is -0.870. The fourth-order valence-electron chi connectivity index (χ4n) is 2.45. The molecule has 0 atom stereocenters. The Bertz CT molecular complexity index is 175. The lowest BCUT2D eigenvalue weighted by Crippen LogP contribution is -2.35. The van der Waals surface area contributed by atoms with Crippen LogP contribution in [-0.2, 0) is 0 Å². The standard InChI is InChI=1S/C17H37BrN/c1-19(2,3)17-15-13-11-9-7-5-4-6-8-10-12-14-16-18/h4-17H2,1-3H3/q+1.